The molecule has 16 heavy (non-hydrogen) atoms. The predicted molar refractivity (Wildman–Crippen MR) is 66.1 cm³/mol. The van der Waals surface area contributed by atoms with Crippen LogP contribution in [0.3, 0.4) is 0 Å². The minimum Gasteiger partial charge on any atom is -0.487 e. The molecule has 0 aliphatic rings. The average molecular weight is 282 g/mol. The lowest BCUT2D eigenvalue weighted by atomic mass is 10.3. The van der Waals surface area contributed by atoms with Gasteiger partial charge in [0.05, 0.1) is 17.6 Å². The van der Waals surface area contributed by atoms with Crippen molar-refractivity contribution in [1.29, 1.82) is 0 Å². The highest BCUT2D eigenvalue weighted by molar-refractivity contribution is 9.10. The van der Waals surface area contributed by atoms with Crippen LogP contribution in [0, 0.1) is 0 Å². The van der Waals surface area contributed by atoms with Crippen molar-refractivity contribution < 1.29 is 4.74 Å². The number of nitrogens with two attached hydrogens (primary N) is 1. The summed E-state index contributed by atoms with van der Waals surface area (Å²) in [5.41, 5.74) is 7.29. The van der Waals surface area contributed by atoms with Crippen LogP contribution in [0.2, 0.25) is 0 Å². The summed E-state index contributed by atoms with van der Waals surface area (Å²) in [5.74, 6) is 0.809. The number of aromatic nitrogens is 2. The maximum absolute atomic E-state index is 5.76. The fourth-order valence-corrected chi connectivity index (χ4v) is 1.60. The van der Waals surface area contributed by atoms with Crippen molar-refractivity contribution in [2.45, 2.75) is 6.61 Å². The van der Waals surface area contributed by atoms with Crippen molar-refractivity contribution in [2.24, 2.45) is 7.05 Å². The van der Waals surface area contributed by atoms with Gasteiger partial charge >= 0.3 is 0 Å². The molecule has 2 N–H and O–H groups in total. The zero-order chi connectivity index (χ0) is 11.5. The van der Waals surface area contributed by atoms with Crippen LogP contribution in [0.1, 0.15) is 5.69 Å². The van der Waals surface area contributed by atoms with Crippen LogP contribution in [0.25, 0.3) is 0 Å². The lowest BCUT2D eigenvalue weighted by Gasteiger charge is -2.07. The van der Waals surface area contributed by atoms with Crippen LogP contribution >= 0.6 is 15.9 Å². The highest BCUT2D eigenvalue weighted by Gasteiger charge is 2.05. The Balaban J connectivity index is 2.05. The van der Waals surface area contributed by atoms with Gasteiger partial charge in [0.15, 0.2) is 0 Å². The van der Waals surface area contributed by atoms with Crippen molar-refractivity contribution in [3.8, 4) is 5.75 Å². The number of hydrogen-bond acceptors (Lipinski definition) is 3. The van der Waals surface area contributed by atoms with Gasteiger partial charge in [-0.1, -0.05) is 15.9 Å². The summed E-state index contributed by atoms with van der Waals surface area (Å²) in [7, 11) is 1.84. The molecule has 0 spiro atoms. The summed E-state index contributed by atoms with van der Waals surface area (Å²) in [6.07, 6.45) is 1.63. The lowest BCUT2D eigenvalue weighted by Crippen LogP contribution is -2.05. The van der Waals surface area contributed by atoms with Crippen molar-refractivity contribution in [2.75, 3.05) is 5.73 Å². The maximum atomic E-state index is 5.76. The van der Waals surface area contributed by atoms with Crippen molar-refractivity contribution >= 4 is 21.6 Å². The van der Waals surface area contributed by atoms with E-state index in [9.17, 15) is 0 Å². The van der Waals surface area contributed by atoms with Crippen LogP contribution in [0.4, 0.5) is 5.69 Å². The van der Waals surface area contributed by atoms with Crippen LogP contribution < -0.4 is 10.5 Å². The summed E-state index contributed by atoms with van der Waals surface area (Å²) in [5, 5.41) is 4.05. The SMILES string of the molecule is Cn1ncc(N)c1COc1ccc(Br)cc1. The van der Waals surface area contributed by atoms with E-state index in [4.69, 9.17) is 10.5 Å². The van der Waals surface area contributed by atoms with Gasteiger partial charge in [0.1, 0.15) is 12.4 Å². The number of benzene rings is 1. The number of rotatable bonds is 3. The Bertz CT molecular complexity index is 459. The molecule has 0 bridgehead atoms. The van der Waals surface area contributed by atoms with Crippen molar-refractivity contribution in [1.82, 2.24) is 9.78 Å². The first kappa shape index (κ1) is 11.0. The van der Waals surface area contributed by atoms with E-state index in [1.54, 1.807) is 10.9 Å². The Hall–Kier alpha value is -1.49. The molecule has 0 radical (unpaired) electrons. The van der Waals surface area contributed by atoms with Gasteiger partial charge in [0.25, 0.3) is 0 Å². The topological polar surface area (TPSA) is 53.1 Å². The van der Waals surface area contributed by atoms with Gasteiger partial charge < -0.3 is 10.5 Å². The standard InChI is InChI=1S/C11H12BrN3O/c1-15-11(10(13)6-14-15)7-16-9-4-2-8(12)3-5-9/h2-6H,7,13H2,1H3. The number of ether oxygens (including phenoxy) is 1. The van der Waals surface area contributed by atoms with Gasteiger partial charge in [0, 0.05) is 11.5 Å². The Kier molecular flexibility index (Phi) is 3.14. The fraction of sp³-hybridized carbons (Fsp3) is 0.182. The molecule has 0 fully saturated rings. The molecule has 0 aliphatic heterocycles. The third-order valence-electron chi connectivity index (χ3n) is 2.28. The minimum absolute atomic E-state index is 0.421. The summed E-state index contributed by atoms with van der Waals surface area (Å²) < 4.78 is 8.35. The van der Waals surface area contributed by atoms with E-state index in [0.29, 0.717) is 12.3 Å². The van der Waals surface area contributed by atoms with E-state index < -0.39 is 0 Å². The van der Waals surface area contributed by atoms with Gasteiger partial charge in [0.2, 0.25) is 0 Å². The molecular formula is C11H12BrN3O. The van der Waals surface area contributed by atoms with E-state index >= 15 is 0 Å². The van der Waals surface area contributed by atoms with Gasteiger partial charge in [-0.05, 0) is 24.3 Å². The third-order valence-corrected chi connectivity index (χ3v) is 2.81. The average Bonchev–Trinajstić information content (AvgIpc) is 2.59. The molecule has 2 aromatic rings. The number of anilines is 1. The first-order valence-corrected chi connectivity index (χ1v) is 5.61. The summed E-state index contributed by atoms with van der Waals surface area (Å²) in [4.78, 5) is 0. The number of aryl methyl sites for hydroxylation is 1. The Morgan fingerprint density at radius 2 is 2.06 bits per heavy atom. The molecule has 4 nitrogen and oxygen atoms in total. The molecule has 0 saturated carbocycles. The van der Waals surface area contributed by atoms with Gasteiger partial charge in [-0.25, -0.2) is 0 Å². The van der Waals surface area contributed by atoms with Crippen molar-refractivity contribution in [3.63, 3.8) is 0 Å². The lowest BCUT2D eigenvalue weighted by molar-refractivity contribution is 0.295. The molecule has 5 heteroatoms. The van der Waals surface area contributed by atoms with Gasteiger partial charge in [-0.2, -0.15) is 5.10 Å². The van der Waals surface area contributed by atoms with Crippen LogP contribution in [-0.2, 0) is 13.7 Å². The van der Waals surface area contributed by atoms with E-state index in [2.05, 4.69) is 21.0 Å². The second-order valence-electron chi connectivity index (χ2n) is 3.41. The molecule has 1 heterocycles. The molecule has 0 amide bonds. The van der Waals surface area contributed by atoms with E-state index in [0.717, 1.165) is 15.9 Å². The minimum atomic E-state index is 0.421. The van der Waals surface area contributed by atoms with E-state index in [-0.39, 0.29) is 0 Å². The third kappa shape index (κ3) is 2.36. The Morgan fingerprint density at radius 3 is 2.62 bits per heavy atom. The Labute approximate surface area is 102 Å². The maximum Gasteiger partial charge on any atom is 0.132 e. The zero-order valence-corrected chi connectivity index (χ0v) is 10.4. The highest BCUT2D eigenvalue weighted by Crippen LogP contribution is 2.18. The van der Waals surface area contributed by atoms with Crippen LogP contribution in [0.5, 0.6) is 5.75 Å². The van der Waals surface area contributed by atoms with Gasteiger partial charge in [-0.3, -0.25) is 4.68 Å². The summed E-state index contributed by atoms with van der Waals surface area (Å²) >= 11 is 3.37. The number of halogens is 1. The Morgan fingerprint density at radius 1 is 1.38 bits per heavy atom. The molecule has 2 rings (SSSR count). The molecule has 0 unspecified atom stereocenters. The molecule has 1 aromatic carbocycles. The largest absolute Gasteiger partial charge is 0.487 e. The molecular weight excluding hydrogens is 270 g/mol. The second-order valence-corrected chi connectivity index (χ2v) is 4.33. The molecule has 1 aromatic heterocycles. The molecule has 84 valence electrons. The fourth-order valence-electron chi connectivity index (χ4n) is 1.34. The zero-order valence-electron chi connectivity index (χ0n) is 8.85. The van der Waals surface area contributed by atoms with E-state index in [1.807, 2.05) is 31.3 Å². The first-order chi connectivity index (χ1) is 7.66. The second kappa shape index (κ2) is 4.57. The smallest absolute Gasteiger partial charge is 0.132 e. The van der Waals surface area contributed by atoms with Crippen molar-refractivity contribution in [3.05, 3.63) is 40.6 Å². The number of nitrogen functional groups attached to an aromatic ring is 1. The highest BCUT2D eigenvalue weighted by atomic mass is 79.9. The number of nitrogens with zero attached hydrogens (tertiary/aromatic N) is 2. The summed E-state index contributed by atoms with van der Waals surface area (Å²) in [6, 6.07) is 7.66. The van der Waals surface area contributed by atoms with Gasteiger partial charge in [-0.15, -0.1) is 0 Å². The first-order valence-electron chi connectivity index (χ1n) is 4.81. The predicted octanol–water partition coefficient (Wildman–Crippen LogP) is 2.34. The molecule has 0 aliphatic carbocycles. The quantitative estimate of drug-likeness (QED) is 0.940. The molecule has 0 atom stereocenters. The normalized spacial score (nSPS) is 10.4. The summed E-state index contributed by atoms with van der Waals surface area (Å²) in [6.45, 7) is 0.421. The van der Waals surface area contributed by atoms with Crippen LogP contribution in [0.15, 0.2) is 34.9 Å². The van der Waals surface area contributed by atoms with E-state index in [1.165, 1.54) is 0 Å². The monoisotopic (exact) mass is 281 g/mol. The molecule has 0 saturated heterocycles. The van der Waals surface area contributed by atoms with Crippen LogP contribution in [-0.4, -0.2) is 9.78 Å². The number of hydrogen-bond donors (Lipinski definition) is 1.